The molecule has 4 rings (SSSR count). The fourth-order valence-corrected chi connectivity index (χ4v) is 4.04. The van der Waals surface area contributed by atoms with Crippen molar-refractivity contribution in [3.63, 3.8) is 0 Å². The molecule has 2 aromatic heterocycles. The number of fused-ring (bicyclic) bond motifs is 1. The molecule has 0 saturated carbocycles. The Morgan fingerprint density at radius 3 is 2.77 bits per heavy atom. The lowest BCUT2D eigenvalue weighted by molar-refractivity contribution is 0.0592. The van der Waals surface area contributed by atoms with Gasteiger partial charge >= 0.3 is 0 Å². The van der Waals surface area contributed by atoms with Crippen LogP contribution in [0.5, 0.6) is 11.1 Å². The number of piperidine rings is 1. The van der Waals surface area contributed by atoms with E-state index in [4.69, 9.17) is 9.47 Å². The van der Waals surface area contributed by atoms with E-state index in [9.17, 15) is 4.79 Å². The number of carbonyl (C=O) groups is 1. The number of para-hydroxylation sites is 1. The Balaban J connectivity index is 1.38. The van der Waals surface area contributed by atoms with Gasteiger partial charge in [-0.3, -0.25) is 9.48 Å². The molecule has 3 aromatic rings. The second kappa shape index (κ2) is 6.95. The number of hydrogen-bond acceptors (Lipinski definition) is 6. The van der Waals surface area contributed by atoms with Crippen LogP contribution < -0.4 is 9.47 Å². The SMILES string of the molecule is COc1nn(C)cc1C(=O)N1CCC(Oc2nc3ccccc3s2)CC1. The number of likely N-dealkylation sites (tertiary alicyclic amines) is 1. The fraction of sp³-hybridized carbons (Fsp3) is 0.389. The van der Waals surface area contributed by atoms with Crippen LogP contribution in [-0.2, 0) is 7.05 Å². The van der Waals surface area contributed by atoms with E-state index < -0.39 is 0 Å². The van der Waals surface area contributed by atoms with E-state index in [1.165, 1.54) is 7.11 Å². The summed E-state index contributed by atoms with van der Waals surface area (Å²) < 4.78 is 14.0. The van der Waals surface area contributed by atoms with Crippen molar-refractivity contribution in [3.05, 3.63) is 36.0 Å². The zero-order valence-corrected chi connectivity index (χ0v) is 15.5. The maximum atomic E-state index is 12.7. The van der Waals surface area contributed by atoms with Crippen LogP contribution in [0, 0.1) is 0 Å². The summed E-state index contributed by atoms with van der Waals surface area (Å²) >= 11 is 1.56. The summed E-state index contributed by atoms with van der Waals surface area (Å²) in [6.07, 6.45) is 3.34. The minimum Gasteiger partial charge on any atom is -0.479 e. The minimum absolute atomic E-state index is 0.0478. The number of thiazole rings is 1. The van der Waals surface area contributed by atoms with Crippen molar-refractivity contribution in [2.75, 3.05) is 20.2 Å². The quantitative estimate of drug-likeness (QED) is 0.704. The second-order valence-corrected chi connectivity index (χ2v) is 7.28. The van der Waals surface area contributed by atoms with Gasteiger partial charge in [0.05, 0.1) is 17.3 Å². The van der Waals surface area contributed by atoms with Crippen LogP contribution >= 0.6 is 11.3 Å². The van der Waals surface area contributed by atoms with Crippen molar-refractivity contribution in [2.45, 2.75) is 18.9 Å². The highest BCUT2D eigenvalue weighted by molar-refractivity contribution is 7.20. The molecule has 1 fully saturated rings. The van der Waals surface area contributed by atoms with Crippen molar-refractivity contribution in [3.8, 4) is 11.1 Å². The molecular formula is C18H20N4O3S. The lowest BCUT2D eigenvalue weighted by Crippen LogP contribution is -2.41. The molecule has 0 bridgehead atoms. The van der Waals surface area contributed by atoms with E-state index in [0.717, 1.165) is 23.1 Å². The van der Waals surface area contributed by atoms with Gasteiger partial charge in [-0.05, 0) is 12.1 Å². The third kappa shape index (κ3) is 3.24. The first-order chi connectivity index (χ1) is 12.6. The van der Waals surface area contributed by atoms with Gasteiger partial charge in [-0.2, -0.15) is 0 Å². The Labute approximate surface area is 155 Å². The number of carbonyl (C=O) groups excluding carboxylic acids is 1. The van der Waals surface area contributed by atoms with Gasteiger partial charge in [-0.25, -0.2) is 4.98 Å². The number of benzene rings is 1. The Bertz CT molecular complexity index is 895. The van der Waals surface area contributed by atoms with E-state index >= 15 is 0 Å². The summed E-state index contributed by atoms with van der Waals surface area (Å²) in [6, 6.07) is 8.01. The van der Waals surface area contributed by atoms with Crippen molar-refractivity contribution >= 4 is 27.5 Å². The van der Waals surface area contributed by atoms with E-state index in [-0.39, 0.29) is 12.0 Å². The third-order valence-electron chi connectivity index (χ3n) is 4.49. The van der Waals surface area contributed by atoms with Crippen LogP contribution in [0.1, 0.15) is 23.2 Å². The molecule has 136 valence electrons. The molecule has 0 spiro atoms. The third-order valence-corrected chi connectivity index (χ3v) is 5.42. The molecule has 26 heavy (non-hydrogen) atoms. The molecule has 7 nitrogen and oxygen atoms in total. The molecule has 1 aliphatic heterocycles. The number of ether oxygens (including phenoxy) is 2. The van der Waals surface area contributed by atoms with Gasteiger partial charge in [0.2, 0.25) is 5.88 Å². The Kier molecular flexibility index (Phi) is 4.50. The number of amides is 1. The van der Waals surface area contributed by atoms with Crippen molar-refractivity contribution in [2.24, 2.45) is 7.05 Å². The second-order valence-electron chi connectivity index (χ2n) is 6.28. The number of aromatic nitrogens is 3. The molecule has 8 heteroatoms. The van der Waals surface area contributed by atoms with Gasteiger partial charge in [0.15, 0.2) is 0 Å². The lowest BCUT2D eigenvalue weighted by Gasteiger charge is -2.31. The van der Waals surface area contributed by atoms with Gasteiger partial charge in [0, 0.05) is 39.2 Å². The Morgan fingerprint density at radius 2 is 2.04 bits per heavy atom. The fourth-order valence-electron chi connectivity index (χ4n) is 3.16. The maximum absolute atomic E-state index is 12.7. The summed E-state index contributed by atoms with van der Waals surface area (Å²) in [6.45, 7) is 1.29. The topological polar surface area (TPSA) is 69.5 Å². The Morgan fingerprint density at radius 1 is 1.27 bits per heavy atom. The lowest BCUT2D eigenvalue weighted by atomic mass is 10.1. The van der Waals surface area contributed by atoms with Crippen LogP contribution in [-0.4, -0.2) is 51.9 Å². The summed E-state index contributed by atoms with van der Waals surface area (Å²) in [7, 11) is 3.30. The molecule has 1 amide bonds. The molecule has 1 aromatic carbocycles. The van der Waals surface area contributed by atoms with Crippen LogP contribution in [0.4, 0.5) is 0 Å². The number of methoxy groups -OCH3 is 1. The van der Waals surface area contributed by atoms with Crippen molar-refractivity contribution in [1.82, 2.24) is 19.7 Å². The van der Waals surface area contributed by atoms with Crippen LogP contribution in [0.2, 0.25) is 0 Å². The molecule has 0 radical (unpaired) electrons. The van der Waals surface area contributed by atoms with Gasteiger partial charge in [-0.15, -0.1) is 5.10 Å². The maximum Gasteiger partial charge on any atom is 0.274 e. The van der Waals surface area contributed by atoms with Crippen molar-refractivity contribution < 1.29 is 14.3 Å². The molecule has 1 aliphatic rings. The molecule has 0 aliphatic carbocycles. The summed E-state index contributed by atoms with van der Waals surface area (Å²) in [5.74, 6) is 0.318. The standard InChI is InChI=1S/C18H20N4O3S/c1-21-11-13(16(20-21)24-2)17(23)22-9-7-12(8-10-22)25-18-19-14-5-3-4-6-15(14)26-18/h3-6,11-12H,7-10H2,1-2H3. The number of nitrogens with zero attached hydrogens (tertiary/aromatic N) is 4. The number of hydrogen-bond donors (Lipinski definition) is 0. The molecule has 3 heterocycles. The predicted octanol–water partition coefficient (Wildman–Crippen LogP) is 2.72. The van der Waals surface area contributed by atoms with Crippen LogP contribution in [0.3, 0.4) is 0 Å². The van der Waals surface area contributed by atoms with Crippen molar-refractivity contribution in [1.29, 1.82) is 0 Å². The van der Waals surface area contributed by atoms with E-state index in [1.54, 1.807) is 29.3 Å². The molecular weight excluding hydrogens is 352 g/mol. The minimum atomic E-state index is -0.0478. The van der Waals surface area contributed by atoms with Gasteiger partial charge in [0.25, 0.3) is 11.1 Å². The zero-order valence-electron chi connectivity index (χ0n) is 14.7. The van der Waals surface area contributed by atoms with Crippen LogP contribution in [0.15, 0.2) is 30.5 Å². The average Bonchev–Trinajstić information content (AvgIpc) is 3.24. The number of rotatable bonds is 4. The monoisotopic (exact) mass is 372 g/mol. The first-order valence-electron chi connectivity index (χ1n) is 8.53. The largest absolute Gasteiger partial charge is 0.479 e. The van der Waals surface area contributed by atoms with Gasteiger partial charge in [0.1, 0.15) is 11.7 Å². The molecule has 1 saturated heterocycles. The van der Waals surface area contributed by atoms with E-state index in [1.807, 2.05) is 29.2 Å². The molecule has 0 atom stereocenters. The highest BCUT2D eigenvalue weighted by Gasteiger charge is 2.28. The van der Waals surface area contributed by atoms with E-state index in [0.29, 0.717) is 29.7 Å². The normalized spacial score (nSPS) is 15.4. The zero-order chi connectivity index (χ0) is 18.1. The predicted molar refractivity (Wildman–Crippen MR) is 98.9 cm³/mol. The summed E-state index contributed by atoms with van der Waals surface area (Å²) in [4.78, 5) is 19.1. The summed E-state index contributed by atoms with van der Waals surface area (Å²) in [5, 5.41) is 4.85. The van der Waals surface area contributed by atoms with E-state index in [2.05, 4.69) is 10.1 Å². The van der Waals surface area contributed by atoms with Crippen LogP contribution in [0.25, 0.3) is 10.2 Å². The average molecular weight is 372 g/mol. The first kappa shape index (κ1) is 16.8. The first-order valence-corrected chi connectivity index (χ1v) is 9.35. The summed E-state index contributed by atoms with van der Waals surface area (Å²) in [5.41, 5.74) is 1.46. The van der Waals surface area contributed by atoms with Gasteiger partial charge in [-0.1, -0.05) is 23.5 Å². The number of aryl methyl sites for hydroxylation is 1. The highest BCUT2D eigenvalue weighted by atomic mass is 32.1. The Hall–Kier alpha value is -2.61. The smallest absolute Gasteiger partial charge is 0.274 e. The molecule has 0 unspecified atom stereocenters. The highest BCUT2D eigenvalue weighted by Crippen LogP contribution is 2.30. The van der Waals surface area contributed by atoms with Gasteiger partial charge < -0.3 is 14.4 Å². The molecule has 0 N–H and O–H groups in total.